The van der Waals surface area contributed by atoms with Gasteiger partial charge in [-0.2, -0.15) is 5.10 Å². The average molecular weight is 529 g/mol. The van der Waals surface area contributed by atoms with Crippen molar-refractivity contribution in [3.05, 3.63) is 83.6 Å². The summed E-state index contributed by atoms with van der Waals surface area (Å²) in [5, 5.41) is 21.2. The lowest BCUT2D eigenvalue weighted by Crippen LogP contribution is -2.38. The van der Waals surface area contributed by atoms with Crippen LogP contribution < -0.4 is 10.1 Å². The molecule has 0 spiro atoms. The van der Waals surface area contributed by atoms with Gasteiger partial charge < -0.3 is 19.9 Å². The highest BCUT2D eigenvalue weighted by molar-refractivity contribution is 5.91. The van der Waals surface area contributed by atoms with Gasteiger partial charge in [-0.15, -0.1) is 0 Å². The van der Waals surface area contributed by atoms with Crippen molar-refractivity contribution in [3.8, 4) is 11.4 Å². The van der Waals surface area contributed by atoms with Gasteiger partial charge in [0.15, 0.2) is 0 Å². The zero-order chi connectivity index (χ0) is 27.4. The van der Waals surface area contributed by atoms with E-state index in [4.69, 9.17) is 14.6 Å². The van der Waals surface area contributed by atoms with Crippen LogP contribution >= 0.6 is 0 Å². The number of hydrogen-bond acceptors (Lipinski definition) is 6. The molecular formula is C32H40N4O3. The van der Waals surface area contributed by atoms with Crippen molar-refractivity contribution in [2.24, 2.45) is 0 Å². The number of nitrogens with zero attached hydrogens (tertiary/aromatic N) is 3. The third kappa shape index (κ3) is 6.27. The van der Waals surface area contributed by atoms with Gasteiger partial charge in [-0.3, -0.25) is 4.90 Å². The SMILES string of the molecule is Cc1ccc(-n2nc(C(C)(C)C)cc2NC(CO)c2ccc(OCCN3CCOCC3)c3ccccc23)cc1. The van der Waals surface area contributed by atoms with Crippen LogP contribution in [-0.2, 0) is 10.2 Å². The lowest BCUT2D eigenvalue weighted by molar-refractivity contribution is 0.0323. The number of aromatic nitrogens is 2. The van der Waals surface area contributed by atoms with Gasteiger partial charge >= 0.3 is 0 Å². The normalized spacial score (nSPS) is 15.4. The maximum Gasteiger partial charge on any atom is 0.130 e. The number of ether oxygens (including phenoxy) is 2. The minimum atomic E-state index is -0.328. The summed E-state index contributed by atoms with van der Waals surface area (Å²) in [6.07, 6.45) is 0. The number of benzene rings is 3. The fourth-order valence-electron chi connectivity index (χ4n) is 4.97. The molecule has 0 saturated carbocycles. The number of rotatable bonds is 9. The van der Waals surface area contributed by atoms with E-state index in [2.05, 4.69) is 86.4 Å². The van der Waals surface area contributed by atoms with Gasteiger partial charge in [0.05, 0.1) is 37.2 Å². The fraction of sp³-hybridized carbons (Fsp3) is 0.406. The molecule has 1 aromatic heterocycles. The van der Waals surface area contributed by atoms with Gasteiger partial charge in [0.25, 0.3) is 0 Å². The van der Waals surface area contributed by atoms with E-state index in [0.717, 1.165) is 72.1 Å². The zero-order valence-corrected chi connectivity index (χ0v) is 23.5. The molecule has 1 aliphatic rings. The zero-order valence-electron chi connectivity index (χ0n) is 23.5. The van der Waals surface area contributed by atoms with Gasteiger partial charge in [-0.1, -0.05) is 68.8 Å². The summed E-state index contributed by atoms with van der Waals surface area (Å²) in [4.78, 5) is 2.37. The molecule has 2 N–H and O–H groups in total. The van der Waals surface area contributed by atoms with E-state index in [9.17, 15) is 5.11 Å². The molecule has 1 fully saturated rings. The number of hydrogen-bond donors (Lipinski definition) is 2. The lowest BCUT2D eigenvalue weighted by Gasteiger charge is -2.26. The summed E-state index contributed by atoms with van der Waals surface area (Å²) < 4.78 is 13.6. The van der Waals surface area contributed by atoms with E-state index in [1.165, 1.54) is 5.56 Å². The van der Waals surface area contributed by atoms with E-state index in [-0.39, 0.29) is 18.1 Å². The van der Waals surface area contributed by atoms with Crippen molar-refractivity contribution >= 4 is 16.6 Å². The van der Waals surface area contributed by atoms with Crippen LogP contribution in [0.4, 0.5) is 5.82 Å². The summed E-state index contributed by atoms with van der Waals surface area (Å²) in [6.45, 7) is 13.5. The third-order valence-electron chi connectivity index (χ3n) is 7.32. The molecule has 0 bridgehead atoms. The van der Waals surface area contributed by atoms with Crippen LogP contribution in [-0.4, -0.2) is 65.8 Å². The first-order valence-electron chi connectivity index (χ1n) is 13.8. The Morgan fingerprint density at radius 1 is 1.00 bits per heavy atom. The molecule has 0 aliphatic carbocycles. The highest BCUT2D eigenvalue weighted by Gasteiger charge is 2.23. The lowest BCUT2D eigenvalue weighted by atomic mass is 9.92. The van der Waals surface area contributed by atoms with Crippen molar-refractivity contribution < 1.29 is 14.6 Å². The number of morpholine rings is 1. The molecule has 0 radical (unpaired) electrons. The second kappa shape index (κ2) is 11.8. The van der Waals surface area contributed by atoms with Gasteiger partial charge in [0, 0.05) is 36.5 Å². The Balaban J connectivity index is 1.43. The Bertz CT molecular complexity index is 1390. The van der Waals surface area contributed by atoms with Crippen LogP contribution in [0.15, 0.2) is 66.7 Å². The minimum absolute atomic E-state index is 0.0643. The predicted molar refractivity (Wildman–Crippen MR) is 157 cm³/mol. The number of fused-ring (bicyclic) bond motifs is 1. The maximum atomic E-state index is 10.6. The van der Waals surface area contributed by atoms with Crippen LogP contribution in [0.2, 0.25) is 0 Å². The molecule has 39 heavy (non-hydrogen) atoms. The molecule has 5 rings (SSSR count). The number of aliphatic hydroxyl groups is 1. The summed E-state index contributed by atoms with van der Waals surface area (Å²) in [5.41, 5.74) is 4.06. The fourth-order valence-corrected chi connectivity index (χ4v) is 4.97. The van der Waals surface area contributed by atoms with Crippen LogP contribution in [0.1, 0.15) is 43.6 Å². The van der Waals surface area contributed by atoms with E-state index in [1.54, 1.807) is 0 Å². The molecule has 1 unspecified atom stereocenters. The highest BCUT2D eigenvalue weighted by atomic mass is 16.5. The molecule has 1 atom stereocenters. The first kappa shape index (κ1) is 27.2. The van der Waals surface area contributed by atoms with Crippen LogP contribution in [0.25, 0.3) is 16.5 Å². The molecule has 3 aromatic carbocycles. The molecule has 7 nitrogen and oxygen atoms in total. The summed E-state index contributed by atoms with van der Waals surface area (Å²) in [7, 11) is 0. The molecule has 7 heteroatoms. The second-order valence-electron chi connectivity index (χ2n) is 11.3. The summed E-state index contributed by atoms with van der Waals surface area (Å²) >= 11 is 0. The van der Waals surface area contributed by atoms with Crippen molar-refractivity contribution in [3.63, 3.8) is 0 Å². The standard InChI is InChI=1S/C32H40N4O3/c1-23-9-11-24(12-10-23)36-31(21-30(34-36)32(2,3)4)33-28(22-37)26-13-14-29(27-8-6-5-7-25(26)27)39-20-17-35-15-18-38-19-16-35/h5-14,21,28,33,37H,15-20,22H2,1-4H3. The molecule has 4 aromatic rings. The average Bonchev–Trinajstić information content (AvgIpc) is 3.37. The maximum absolute atomic E-state index is 10.6. The largest absolute Gasteiger partial charge is 0.492 e. The highest BCUT2D eigenvalue weighted by Crippen LogP contribution is 2.34. The number of aliphatic hydroxyl groups excluding tert-OH is 1. The number of anilines is 1. The molecule has 1 aliphatic heterocycles. The first-order valence-corrected chi connectivity index (χ1v) is 13.8. The van der Waals surface area contributed by atoms with Crippen molar-refractivity contribution in [2.75, 3.05) is 51.4 Å². The summed E-state index contributed by atoms with van der Waals surface area (Å²) in [5.74, 6) is 1.71. The minimum Gasteiger partial charge on any atom is -0.492 e. The van der Waals surface area contributed by atoms with Gasteiger partial charge in [0.2, 0.25) is 0 Å². The number of aryl methyl sites for hydroxylation is 1. The Labute approximate surface area is 231 Å². The van der Waals surface area contributed by atoms with E-state index in [0.29, 0.717) is 6.61 Å². The predicted octanol–water partition coefficient (Wildman–Crippen LogP) is 5.49. The van der Waals surface area contributed by atoms with Crippen LogP contribution in [0, 0.1) is 6.92 Å². The summed E-state index contributed by atoms with van der Waals surface area (Å²) in [6, 6.07) is 22.4. The first-order chi connectivity index (χ1) is 18.8. The molecule has 0 amide bonds. The van der Waals surface area contributed by atoms with Crippen molar-refractivity contribution in [2.45, 2.75) is 39.2 Å². The molecule has 2 heterocycles. The Kier molecular flexibility index (Phi) is 8.21. The van der Waals surface area contributed by atoms with E-state index < -0.39 is 0 Å². The van der Waals surface area contributed by atoms with E-state index >= 15 is 0 Å². The molecular weight excluding hydrogens is 488 g/mol. The van der Waals surface area contributed by atoms with Crippen molar-refractivity contribution in [1.29, 1.82) is 0 Å². The van der Waals surface area contributed by atoms with Crippen LogP contribution in [0.3, 0.4) is 0 Å². The van der Waals surface area contributed by atoms with Gasteiger partial charge in [-0.05, 0) is 36.1 Å². The van der Waals surface area contributed by atoms with Crippen LogP contribution in [0.5, 0.6) is 5.75 Å². The quantitative estimate of drug-likeness (QED) is 0.299. The smallest absolute Gasteiger partial charge is 0.130 e. The second-order valence-corrected chi connectivity index (χ2v) is 11.3. The van der Waals surface area contributed by atoms with E-state index in [1.807, 2.05) is 22.9 Å². The topological polar surface area (TPSA) is 71.8 Å². The van der Waals surface area contributed by atoms with Gasteiger partial charge in [-0.25, -0.2) is 4.68 Å². The molecule has 206 valence electrons. The molecule has 1 saturated heterocycles. The Morgan fingerprint density at radius 2 is 1.72 bits per heavy atom. The van der Waals surface area contributed by atoms with Crippen molar-refractivity contribution in [1.82, 2.24) is 14.7 Å². The monoisotopic (exact) mass is 528 g/mol. The third-order valence-corrected chi connectivity index (χ3v) is 7.32. The Hall–Kier alpha value is -3.39. The Morgan fingerprint density at radius 3 is 2.41 bits per heavy atom. The number of nitrogens with one attached hydrogen (secondary N) is 1. The van der Waals surface area contributed by atoms with Gasteiger partial charge in [0.1, 0.15) is 18.2 Å².